The highest BCUT2D eigenvalue weighted by molar-refractivity contribution is 5.81. The highest BCUT2D eigenvalue weighted by Crippen LogP contribution is 2.15. The van der Waals surface area contributed by atoms with Crippen molar-refractivity contribution in [3.8, 4) is 0 Å². The first-order valence-electron chi connectivity index (χ1n) is 5.30. The Bertz CT molecular complexity index is 472. The summed E-state index contributed by atoms with van der Waals surface area (Å²) >= 11 is 0. The number of nitro benzene ring substituents is 1. The minimum Gasteiger partial charge on any atom is -0.318 e. The van der Waals surface area contributed by atoms with Crippen molar-refractivity contribution >= 4 is 17.9 Å². The number of nitrogens with zero attached hydrogens (tertiary/aromatic N) is 2. The van der Waals surface area contributed by atoms with Gasteiger partial charge in [0.25, 0.3) is 5.69 Å². The molecule has 0 aromatic heterocycles. The first-order chi connectivity index (χ1) is 8.30. The molecule has 0 fully saturated rings. The molecular formula is C12H14N2O4. The maximum atomic E-state index is 11.4. The molecule has 0 spiro atoms. The molecule has 0 aliphatic carbocycles. The van der Waals surface area contributed by atoms with Crippen LogP contribution >= 0.6 is 0 Å². The average Bonchev–Trinajstić information content (AvgIpc) is 2.28. The number of carbonyl (C=O) groups excluding carboxylic acids is 1. The number of benzene rings is 1. The van der Waals surface area contributed by atoms with Gasteiger partial charge in [-0.1, -0.05) is 5.16 Å². The van der Waals surface area contributed by atoms with Gasteiger partial charge in [-0.25, -0.2) is 4.79 Å². The van der Waals surface area contributed by atoms with E-state index < -0.39 is 16.3 Å². The summed E-state index contributed by atoms with van der Waals surface area (Å²) in [7, 11) is 0. The fraction of sp³-hybridized carbons (Fsp3) is 0.333. The van der Waals surface area contributed by atoms with Gasteiger partial charge in [0.05, 0.1) is 16.6 Å². The molecule has 0 N–H and O–H groups in total. The van der Waals surface area contributed by atoms with E-state index >= 15 is 0 Å². The number of non-ortho nitro benzene ring substituents is 1. The summed E-state index contributed by atoms with van der Waals surface area (Å²) in [6.07, 6.45) is 1.33. The Morgan fingerprint density at radius 1 is 1.33 bits per heavy atom. The molecular weight excluding hydrogens is 236 g/mol. The average molecular weight is 250 g/mol. The summed E-state index contributed by atoms with van der Waals surface area (Å²) in [5.41, 5.74) is -0.00607. The van der Waals surface area contributed by atoms with Gasteiger partial charge in [-0.05, 0) is 38.5 Å². The van der Waals surface area contributed by atoms with Gasteiger partial charge in [-0.3, -0.25) is 10.1 Å². The van der Waals surface area contributed by atoms with Gasteiger partial charge in [-0.2, -0.15) is 0 Å². The number of nitro groups is 1. The van der Waals surface area contributed by atoms with Gasteiger partial charge in [0.1, 0.15) is 0 Å². The largest absolute Gasteiger partial charge is 0.340 e. The quantitative estimate of drug-likeness (QED) is 0.357. The topological polar surface area (TPSA) is 81.8 Å². The monoisotopic (exact) mass is 250 g/mol. The zero-order chi connectivity index (χ0) is 13.8. The summed E-state index contributed by atoms with van der Waals surface area (Å²) in [5, 5.41) is 14.0. The molecule has 0 aliphatic heterocycles. The van der Waals surface area contributed by atoms with Crippen LogP contribution in [0.25, 0.3) is 0 Å². The summed E-state index contributed by atoms with van der Waals surface area (Å²) in [6, 6.07) is 5.75. The van der Waals surface area contributed by atoms with Crippen molar-refractivity contribution in [3.05, 3.63) is 39.9 Å². The van der Waals surface area contributed by atoms with Crippen LogP contribution in [0.1, 0.15) is 26.3 Å². The predicted octanol–water partition coefficient (Wildman–Crippen LogP) is 2.52. The number of hydrogen-bond acceptors (Lipinski definition) is 5. The number of oxime groups is 1. The molecule has 0 atom stereocenters. The maximum Gasteiger partial charge on any atom is 0.340 e. The highest BCUT2D eigenvalue weighted by atomic mass is 16.7. The van der Waals surface area contributed by atoms with Crippen LogP contribution in [0.4, 0.5) is 5.69 Å². The summed E-state index contributed by atoms with van der Waals surface area (Å²) < 4.78 is 0. The third kappa shape index (κ3) is 3.97. The van der Waals surface area contributed by atoms with Crippen LogP contribution in [0.15, 0.2) is 29.4 Å². The molecule has 1 rings (SSSR count). The number of carbonyl (C=O) groups is 1. The molecule has 6 nitrogen and oxygen atoms in total. The number of rotatable bonds is 3. The molecule has 0 saturated carbocycles. The van der Waals surface area contributed by atoms with E-state index in [1.165, 1.54) is 30.5 Å². The Morgan fingerprint density at radius 3 is 2.33 bits per heavy atom. The summed E-state index contributed by atoms with van der Waals surface area (Å²) in [5.74, 6) is -0.444. The van der Waals surface area contributed by atoms with Crippen LogP contribution in [-0.2, 0) is 9.63 Å². The smallest absolute Gasteiger partial charge is 0.318 e. The SMILES string of the molecule is CC(C)(C)C(=O)O/N=C\c1ccc([N+](=O)[O-])cc1. The van der Waals surface area contributed by atoms with E-state index in [1.807, 2.05) is 0 Å². The third-order valence-electron chi connectivity index (χ3n) is 2.05. The molecule has 1 aromatic carbocycles. The van der Waals surface area contributed by atoms with Crippen LogP contribution in [0.2, 0.25) is 0 Å². The van der Waals surface area contributed by atoms with Crippen molar-refractivity contribution in [3.63, 3.8) is 0 Å². The van der Waals surface area contributed by atoms with E-state index in [1.54, 1.807) is 20.8 Å². The third-order valence-corrected chi connectivity index (χ3v) is 2.05. The Labute approximate surface area is 104 Å². The van der Waals surface area contributed by atoms with Crippen LogP contribution in [0, 0.1) is 15.5 Å². The van der Waals surface area contributed by atoms with Crippen LogP contribution in [0.5, 0.6) is 0 Å². The van der Waals surface area contributed by atoms with Gasteiger partial charge in [-0.15, -0.1) is 0 Å². The van der Waals surface area contributed by atoms with E-state index in [2.05, 4.69) is 9.99 Å². The normalized spacial score (nSPS) is 11.5. The second-order valence-electron chi connectivity index (χ2n) is 4.71. The lowest BCUT2D eigenvalue weighted by molar-refractivity contribution is -0.384. The van der Waals surface area contributed by atoms with Gasteiger partial charge >= 0.3 is 5.97 Å². The van der Waals surface area contributed by atoms with Gasteiger partial charge in [0, 0.05) is 12.1 Å². The maximum absolute atomic E-state index is 11.4. The van der Waals surface area contributed by atoms with Crippen LogP contribution in [-0.4, -0.2) is 17.1 Å². The van der Waals surface area contributed by atoms with Crippen molar-refractivity contribution in [1.29, 1.82) is 0 Å². The van der Waals surface area contributed by atoms with Crippen LogP contribution < -0.4 is 0 Å². The molecule has 0 heterocycles. The summed E-state index contributed by atoms with van der Waals surface area (Å²) in [6.45, 7) is 5.16. The lowest BCUT2D eigenvalue weighted by Crippen LogP contribution is -2.21. The molecule has 96 valence electrons. The molecule has 0 unspecified atom stereocenters. The second-order valence-corrected chi connectivity index (χ2v) is 4.71. The first-order valence-corrected chi connectivity index (χ1v) is 5.30. The van der Waals surface area contributed by atoms with E-state index in [0.29, 0.717) is 5.56 Å². The number of hydrogen-bond donors (Lipinski definition) is 0. The van der Waals surface area contributed by atoms with Crippen molar-refractivity contribution in [2.75, 3.05) is 0 Å². The molecule has 0 bridgehead atoms. The zero-order valence-electron chi connectivity index (χ0n) is 10.4. The predicted molar refractivity (Wildman–Crippen MR) is 66.2 cm³/mol. The van der Waals surface area contributed by atoms with E-state index in [4.69, 9.17) is 0 Å². The van der Waals surface area contributed by atoms with Gasteiger partial charge in [0.15, 0.2) is 0 Å². The van der Waals surface area contributed by atoms with Crippen molar-refractivity contribution in [2.45, 2.75) is 20.8 Å². The Kier molecular flexibility index (Phi) is 4.14. The van der Waals surface area contributed by atoms with Crippen molar-refractivity contribution in [1.82, 2.24) is 0 Å². The standard InChI is InChI=1S/C12H14N2O4/c1-12(2,3)11(15)18-13-8-9-4-6-10(7-5-9)14(16)17/h4-8H,1-3H3/b13-8-. The minimum atomic E-state index is -0.618. The Morgan fingerprint density at radius 2 is 1.89 bits per heavy atom. The van der Waals surface area contributed by atoms with Crippen LogP contribution in [0.3, 0.4) is 0 Å². The van der Waals surface area contributed by atoms with E-state index in [9.17, 15) is 14.9 Å². The lowest BCUT2D eigenvalue weighted by Gasteiger charge is -2.12. The highest BCUT2D eigenvalue weighted by Gasteiger charge is 2.23. The van der Waals surface area contributed by atoms with Crippen molar-refractivity contribution in [2.24, 2.45) is 10.6 Å². The zero-order valence-corrected chi connectivity index (χ0v) is 10.4. The minimum absolute atomic E-state index is 0.00108. The van der Waals surface area contributed by atoms with Gasteiger partial charge in [0.2, 0.25) is 0 Å². The Hall–Kier alpha value is -2.24. The van der Waals surface area contributed by atoms with Gasteiger partial charge < -0.3 is 4.84 Å². The molecule has 6 heteroatoms. The second kappa shape index (κ2) is 5.39. The molecule has 0 aliphatic rings. The molecule has 0 amide bonds. The fourth-order valence-electron chi connectivity index (χ4n) is 0.954. The van der Waals surface area contributed by atoms with E-state index in [0.717, 1.165) is 0 Å². The molecule has 18 heavy (non-hydrogen) atoms. The first kappa shape index (κ1) is 13.8. The van der Waals surface area contributed by atoms with Crippen molar-refractivity contribution < 1.29 is 14.6 Å². The summed E-state index contributed by atoms with van der Waals surface area (Å²) in [4.78, 5) is 26.0. The van der Waals surface area contributed by atoms with E-state index in [-0.39, 0.29) is 5.69 Å². The Balaban J connectivity index is 2.63. The fourth-order valence-corrected chi connectivity index (χ4v) is 0.954. The molecule has 1 aromatic rings. The molecule has 0 saturated heterocycles. The molecule has 0 radical (unpaired) electrons. The lowest BCUT2D eigenvalue weighted by atomic mass is 9.98.